The highest BCUT2D eigenvalue weighted by atomic mass is 16.5. The molecule has 0 aromatic rings. The van der Waals surface area contributed by atoms with Crippen molar-refractivity contribution in [1.29, 1.82) is 0 Å². The Labute approximate surface area is 190 Å². The average Bonchev–Trinajstić information content (AvgIpc) is 3.24. The number of rotatable bonds is 3. The molecule has 0 aromatic carbocycles. The zero-order chi connectivity index (χ0) is 22.8. The predicted octanol–water partition coefficient (Wildman–Crippen LogP) is 3.14. The van der Waals surface area contributed by atoms with Crippen molar-refractivity contribution < 1.29 is 23.9 Å². The topological polar surface area (TPSA) is 72.9 Å². The summed E-state index contributed by atoms with van der Waals surface area (Å²) in [4.78, 5) is 40.5. The molecule has 1 aliphatic heterocycles. The molecule has 6 heteroatoms. The minimum absolute atomic E-state index is 0.0643. The Morgan fingerprint density at radius 2 is 1.91 bits per heavy atom. The molecular formula is C26H35NO5. The maximum atomic E-state index is 13.4. The second kappa shape index (κ2) is 6.25. The van der Waals surface area contributed by atoms with Gasteiger partial charge < -0.3 is 9.47 Å². The molecule has 5 saturated carbocycles. The number of hydrogen-bond donors (Lipinski definition) is 0. The van der Waals surface area contributed by atoms with Gasteiger partial charge in [-0.25, -0.2) is 0 Å². The molecule has 1 heterocycles. The molecule has 6 nitrogen and oxygen atoms in total. The summed E-state index contributed by atoms with van der Waals surface area (Å²) in [7, 11) is 0. The van der Waals surface area contributed by atoms with Gasteiger partial charge in [-0.15, -0.1) is 0 Å². The van der Waals surface area contributed by atoms with Gasteiger partial charge in [0.1, 0.15) is 18.0 Å². The van der Waals surface area contributed by atoms with Gasteiger partial charge in [-0.2, -0.15) is 0 Å². The van der Waals surface area contributed by atoms with Gasteiger partial charge in [0.25, 0.3) is 0 Å². The molecule has 5 aliphatic carbocycles. The van der Waals surface area contributed by atoms with Crippen molar-refractivity contribution in [2.45, 2.75) is 78.0 Å². The monoisotopic (exact) mass is 441 g/mol. The molecule has 174 valence electrons. The summed E-state index contributed by atoms with van der Waals surface area (Å²) in [6.07, 6.45) is 3.62. The van der Waals surface area contributed by atoms with Crippen molar-refractivity contribution in [2.24, 2.45) is 39.9 Å². The molecule has 6 fully saturated rings. The Morgan fingerprint density at radius 3 is 2.56 bits per heavy atom. The molecule has 0 N–H and O–H groups in total. The van der Waals surface area contributed by atoms with E-state index >= 15 is 0 Å². The standard InChI is InChI=1S/C26H35NO5/c1-6-27-12-24(5)8-7-21(31-14(3)28)26-19(24)9-17(22(26)27)25-11-16(18(30)10-20(25)26)13(2)23(25)32-15(4)29/h16-17,19-23H,2,6-12H2,1,3-5H3/t16-,17-,19+,20+,21-,22+,23+,24-,25-,26-/m0/s1. The van der Waals surface area contributed by atoms with E-state index in [1.807, 2.05) is 0 Å². The first-order valence-corrected chi connectivity index (χ1v) is 12.4. The second-order valence-electron chi connectivity index (χ2n) is 11.8. The van der Waals surface area contributed by atoms with Crippen molar-refractivity contribution in [1.82, 2.24) is 4.90 Å². The number of hydrogen-bond acceptors (Lipinski definition) is 6. The van der Waals surface area contributed by atoms with E-state index in [4.69, 9.17) is 9.47 Å². The lowest BCUT2D eigenvalue weighted by molar-refractivity contribution is -0.224. The number of nitrogens with zero attached hydrogens (tertiary/aromatic N) is 1. The minimum atomic E-state index is -0.405. The summed E-state index contributed by atoms with van der Waals surface area (Å²) < 4.78 is 12.2. The SMILES string of the molecule is C=C1[C@@H]2C[C@@]3([C@@H]1OC(C)=O)[C@@H](CC2=O)[C@@]12[C@@H](OC(C)=O)CC[C@@]4(C)CN(CC)[C@@H]1[C@@H]3C[C@H]42. The highest BCUT2D eigenvalue weighted by Crippen LogP contribution is 2.83. The van der Waals surface area contributed by atoms with Gasteiger partial charge >= 0.3 is 11.9 Å². The molecule has 10 atom stereocenters. The Morgan fingerprint density at radius 1 is 1.19 bits per heavy atom. The minimum Gasteiger partial charge on any atom is -0.462 e. The lowest BCUT2D eigenvalue weighted by Crippen LogP contribution is -2.69. The molecule has 32 heavy (non-hydrogen) atoms. The number of fused-ring (bicyclic) bond motifs is 1. The molecule has 6 aliphatic rings. The van der Waals surface area contributed by atoms with E-state index in [0.29, 0.717) is 18.3 Å². The van der Waals surface area contributed by atoms with Crippen LogP contribution in [-0.2, 0) is 23.9 Å². The zero-order valence-electron chi connectivity index (χ0n) is 19.7. The van der Waals surface area contributed by atoms with Crippen LogP contribution in [0.1, 0.15) is 59.8 Å². The summed E-state index contributed by atoms with van der Waals surface area (Å²) in [6, 6.07) is 0.260. The van der Waals surface area contributed by atoms with Crippen molar-refractivity contribution >= 4 is 17.7 Å². The maximum Gasteiger partial charge on any atom is 0.303 e. The summed E-state index contributed by atoms with van der Waals surface area (Å²) in [5.74, 6) is 0.322. The second-order valence-corrected chi connectivity index (χ2v) is 11.8. The van der Waals surface area contributed by atoms with Crippen LogP contribution in [0.5, 0.6) is 0 Å². The van der Waals surface area contributed by atoms with Gasteiger partial charge in [-0.1, -0.05) is 20.4 Å². The Bertz CT molecular complexity index is 945. The van der Waals surface area contributed by atoms with Gasteiger partial charge in [0.05, 0.1) is 0 Å². The first-order valence-electron chi connectivity index (χ1n) is 12.4. The molecule has 0 aromatic heterocycles. The highest BCUT2D eigenvalue weighted by Gasteiger charge is 2.86. The fraction of sp³-hybridized carbons (Fsp3) is 0.808. The number of ether oxygens (including phenoxy) is 2. The molecule has 2 spiro atoms. The molecule has 0 amide bonds. The molecule has 0 radical (unpaired) electrons. The Hall–Kier alpha value is -1.69. The molecule has 7 bridgehead atoms. The third-order valence-corrected chi connectivity index (χ3v) is 10.9. The highest BCUT2D eigenvalue weighted by molar-refractivity contribution is 5.87. The van der Waals surface area contributed by atoms with Crippen LogP contribution in [0.15, 0.2) is 12.2 Å². The average molecular weight is 442 g/mol. The Kier molecular flexibility index (Phi) is 4.08. The van der Waals surface area contributed by atoms with E-state index in [9.17, 15) is 14.4 Å². The summed E-state index contributed by atoms with van der Waals surface area (Å²) >= 11 is 0. The van der Waals surface area contributed by atoms with Crippen molar-refractivity contribution in [3.05, 3.63) is 12.2 Å². The van der Waals surface area contributed by atoms with E-state index in [1.165, 1.54) is 13.8 Å². The van der Waals surface area contributed by atoms with Crippen LogP contribution >= 0.6 is 0 Å². The van der Waals surface area contributed by atoms with Crippen LogP contribution in [0, 0.1) is 39.9 Å². The van der Waals surface area contributed by atoms with Crippen LogP contribution in [0.2, 0.25) is 0 Å². The molecular weight excluding hydrogens is 406 g/mol. The van der Waals surface area contributed by atoms with Gasteiger partial charge in [0.15, 0.2) is 0 Å². The maximum absolute atomic E-state index is 13.4. The number of piperidine rings is 1. The smallest absolute Gasteiger partial charge is 0.303 e. The zero-order valence-corrected chi connectivity index (χ0v) is 19.7. The van der Waals surface area contributed by atoms with E-state index < -0.39 is 6.10 Å². The largest absolute Gasteiger partial charge is 0.462 e. The van der Waals surface area contributed by atoms with Crippen molar-refractivity contribution in [3.63, 3.8) is 0 Å². The van der Waals surface area contributed by atoms with E-state index in [2.05, 4.69) is 25.3 Å². The lowest BCUT2D eigenvalue weighted by Gasteiger charge is -2.65. The van der Waals surface area contributed by atoms with Crippen LogP contribution in [0.25, 0.3) is 0 Å². The number of likely N-dealkylation sites (tertiary alicyclic amines) is 1. The molecule has 6 rings (SSSR count). The van der Waals surface area contributed by atoms with Crippen LogP contribution in [-0.4, -0.2) is 54.0 Å². The normalized spacial score (nSPS) is 52.7. The third-order valence-electron chi connectivity index (χ3n) is 10.9. The number of esters is 2. The van der Waals surface area contributed by atoms with E-state index in [-0.39, 0.29) is 57.9 Å². The lowest BCUT2D eigenvalue weighted by atomic mass is 9.43. The van der Waals surface area contributed by atoms with Crippen molar-refractivity contribution in [3.8, 4) is 0 Å². The third kappa shape index (κ3) is 2.10. The van der Waals surface area contributed by atoms with E-state index in [1.54, 1.807) is 0 Å². The van der Waals surface area contributed by atoms with Crippen molar-refractivity contribution in [2.75, 3.05) is 13.1 Å². The number of carbonyl (C=O) groups is 3. The fourth-order valence-corrected chi connectivity index (χ4v) is 10.4. The van der Waals surface area contributed by atoms with Gasteiger partial charge in [0.2, 0.25) is 0 Å². The quantitative estimate of drug-likeness (QED) is 0.495. The number of carbonyl (C=O) groups excluding carboxylic acids is 3. The van der Waals surface area contributed by atoms with Gasteiger partial charge in [-0.05, 0) is 61.0 Å². The van der Waals surface area contributed by atoms with Gasteiger partial charge in [0, 0.05) is 49.6 Å². The molecule has 1 saturated heterocycles. The van der Waals surface area contributed by atoms with Crippen LogP contribution in [0.3, 0.4) is 0 Å². The van der Waals surface area contributed by atoms with Gasteiger partial charge in [-0.3, -0.25) is 19.3 Å². The van der Waals surface area contributed by atoms with Crippen LogP contribution in [0.4, 0.5) is 0 Å². The summed E-state index contributed by atoms with van der Waals surface area (Å²) in [5, 5.41) is 0. The first kappa shape index (κ1) is 20.9. The predicted molar refractivity (Wildman–Crippen MR) is 116 cm³/mol. The Balaban J connectivity index is 1.59. The summed E-state index contributed by atoms with van der Waals surface area (Å²) in [5.41, 5.74) is 0.446. The molecule has 0 unspecified atom stereocenters. The van der Waals surface area contributed by atoms with E-state index in [0.717, 1.165) is 44.3 Å². The summed E-state index contributed by atoms with van der Waals surface area (Å²) in [6.45, 7) is 13.9. The van der Waals surface area contributed by atoms with Crippen LogP contribution < -0.4 is 0 Å². The number of Topliss-reactive ketones (excluding diaryl/α,β-unsaturated/α-hetero) is 1. The fourth-order valence-electron chi connectivity index (χ4n) is 10.4. The number of ketones is 1. The first-order chi connectivity index (χ1) is 15.1.